The molecule has 1 saturated carbocycles. The van der Waals surface area contributed by atoms with Crippen LogP contribution in [0.2, 0.25) is 0 Å². The molecule has 2 rings (SSSR count). The molecule has 98 valence electrons. The molecular formula is C14H20N2O2. The van der Waals surface area contributed by atoms with Gasteiger partial charge < -0.3 is 15.8 Å². The Morgan fingerprint density at radius 2 is 2.28 bits per heavy atom. The van der Waals surface area contributed by atoms with Crippen LogP contribution in [-0.2, 0) is 11.3 Å². The summed E-state index contributed by atoms with van der Waals surface area (Å²) in [4.78, 5) is 11.1. The second-order valence-electron chi connectivity index (χ2n) is 4.69. The molecule has 4 heteroatoms. The number of carbonyl (C=O) groups excluding carboxylic acids is 1. The Morgan fingerprint density at radius 3 is 2.94 bits per heavy atom. The molecule has 0 bridgehead atoms. The van der Waals surface area contributed by atoms with Crippen molar-refractivity contribution in [1.82, 2.24) is 5.32 Å². The fourth-order valence-electron chi connectivity index (χ4n) is 2.20. The first-order valence-electron chi connectivity index (χ1n) is 6.42. The van der Waals surface area contributed by atoms with Gasteiger partial charge in [-0.3, -0.25) is 4.79 Å². The molecule has 1 aliphatic rings. The minimum atomic E-state index is -0.378. The normalized spacial score (nSPS) is 22.5. The highest BCUT2D eigenvalue weighted by molar-refractivity contribution is 5.92. The van der Waals surface area contributed by atoms with Crippen LogP contribution in [0.3, 0.4) is 0 Å². The molecule has 18 heavy (non-hydrogen) atoms. The average molecular weight is 248 g/mol. The van der Waals surface area contributed by atoms with E-state index in [1.54, 1.807) is 6.07 Å². The fraction of sp³-hybridized carbons (Fsp3) is 0.500. The predicted octanol–water partition coefficient (Wildman–Crippen LogP) is 1.44. The fourth-order valence-corrected chi connectivity index (χ4v) is 2.20. The molecule has 1 aliphatic carbocycles. The van der Waals surface area contributed by atoms with Crippen molar-refractivity contribution >= 4 is 5.91 Å². The maximum atomic E-state index is 11.1. The molecule has 0 spiro atoms. The lowest BCUT2D eigenvalue weighted by atomic mass is 9.89. The van der Waals surface area contributed by atoms with Gasteiger partial charge in [0.2, 0.25) is 5.91 Å². The number of hydrogen-bond donors (Lipinski definition) is 2. The van der Waals surface area contributed by atoms with Crippen molar-refractivity contribution < 1.29 is 9.53 Å². The summed E-state index contributed by atoms with van der Waals surface area (Å²) in [5.41, 5.74) is 6.91. The second kappa shape index (κ2) is 5.98. The van der Waals surface area contributed by atoms with Gasteiger partial charge in [-0.15, -0.1) is 0 Å². The van der Waals surface area contributed by atoms with E-state index in [1.807, 2.05) is 25.1 Å². The number of nitrogens with two attached hydrogens (primary N) is 1. The van der Waals surface area contributed by atoms with E-state index in [2.05, 4.69) is 5.32 Å². The lowest BCUT2D eigenvalue weighted by Gasteiger charge is -2.35. The van der Waals surface area contributed by atoms with Gasteiger partial charge in [0, 0.05) is 24.8 Å². The molecule has 0 saturated heterocycles. The zero-order valence-electron chi connectivity index (χ0n) is 10.7. The standard InChI is InChI=1S/C14H20N2O2/c1-2-18-13-7-12(8-13)16-9-10-4-3-5-11(6-10)14(15)17/h3-6,12-13,16H,2,7-9H2,1H3,(H2,15,17). The summed E-state index contributed by atoms with van der Waals surface area (Å²) < 4.78 is 5.51. The van der Waals surface area contributed by atoms with E-state index in [4.69, 9.17) is 10.5 Å². The van der Waals surface area contributed by atoms with Gasteiger partial charge in [0.05, 0.1) is 6.10 Å². The van der Waals surface area contributed by atoms with Crippen LogP contribution in [0.4, 0.5) is 0 Å². The van der Waals surface area contributed by atoms with Gasteiger partial charge in [0.1, 0.15) is 0 Å². The van der Waals surface area contributed by atoms with Crippen molar-refractivity contribution in [3.8, 4) is 0 Å². The molecule has 1 fully saturated rings. The number of amides is 1. The molecule has 1 aromatic carbocycles. The molecule has 0 aliphatic heterocycles. The summed E-state index contributed by atoms with van der Waals surface area (Å²) in [6.45, 7) is 3.58. The first-order chi connectivity index (χ1) is 8.69. The Hall–Kier alpha value is -1.39. The number of primary amides is 1. The summed E-state index contributed by atoms with van der Waals surface area (Å²) in [5.74, 6) is -0.378. The van der Waals surface area contributed by atoms with Crippen LogP contribution in [0.1, 0.15) is 35.7 Å². The van der Waals surface area contributed by atoms with E-state index in [-0.39, 0.29) is 5.91 Å². The number of hydrogen-bond acceptors (Lipinski definition) is 3. The number of nitrogens with one attached hydrogen (secondary N) is 1. The van der Waals surface area contributed by atoms with E-state index < -0.39 is 0 Å². The highest BCUT2D eigenvalue weighted by Gasteiger charge is 2.28. The molecule has 0 heterocycles. The second-order valence-corrected chi connectivity index (χ2v) is 4.69. The predicted molar refractivity (Wildman–Crippen MR) is 70.2 cm³/mol. The van der Waals surface area contributed by atoms with Gasteiger partial charge in [-0.05, 0) is 37.5 Å². The SMILES string of the molecule is CCOC1CC(NCc2cccc(C(N)=O)c2)C1. The van der Waals surface area contributed by atoms with Crippen LogP contribution in [0.15, 0.2) is 24.3 Å². The van der Waals surface area contributed by atoms with Gasteiger partial charge in [-0.1, -0.05) is 12.1 Å². The number of rotatable bonds is 6. The van der Waals surface area contributed by atoms with Crippen LogP contribution in [0.25, 0.3) is 0 Å². The highest BCUT2D eigenvalue weighted by Crippen LogP contribution is 2.23. The summed E-state index contributed by atoms with van der Waals surface area (Å²) in [6, 6.07) is 7.96. The van der Waals surface area contributed by atoms with Crippen molar-refractivity contribution in [2.75, 3.05) is 6.61 Å². The first-order valence-corrected chi connectivity index (χ1v) is 6.42. The molecule has 0 atom stereocenters. The minimum absolute atomic E-state index is 0.378. The Labute approximate surface area is 108 Å². The van der Waals surface area contributed by atoms with Crippen LogP contribution in [-0.4, -0.2) is 24.7 Å². The van der Waals surface area contributed by atoms with Gasteiger partial charge in [-0.25, -0.2) is 0 Å². The van der Waals surface area contributed by atoms with Crippen LogP contribution < -0.4 is 11.1 Å². The maximum absolute atomic E-state index is 11.1. The third-order valence-electron chi connectivity index (χ3n) is 3.30. The van der Waals surface area contributed by atoms with E-state index >= 15 is 0 Å². The molecular weight excluding hydrogens is 228 g/mol. The third-order valence-corrected chi connectivity index (χ3v) is 3.30. The topological polar surface area (TPSA) is 64.3 Å². The lowest BCUT2D eigenvalue weighted by molar-refractivity contribution is -0.0102. The van der Waals surface area contributed by atoms with E-state index in [0.29, 0.717) is 17.7 Å². The minimum Gasteiger partial charge on any atom is -0.378 e. The molecule has 0 unspecified atom stereocenters. The monoisotopic (exact) mass is 248 g/mol. The van der Waals surface area contributed by atoms with Gasteiger partial charge >= 0.3 is 0 Å². The van der Waals surface area contributed by atoms with Gasteiger partial charge in [0.25, 0.3) is 0 Å². The van der Waals surface area contributed by atoms with Crippen molar-refractivity contribution in [2.45, 2.75) is 38.5 Å². The largest absolute Gasteiger partial charge is 0.378 e. The average Bonchev–Trinajstić information content (AvgIpc) is 2.32. The Bertz CT molecular complexity index is 414. The summed E-state index contributed by atoms with van der Waals surface area (Å²) >= 11 is 0. The smallest absolute Gasteiger partial charge is 0.248 e. The Balaban J connectivity index is 1.77. The van der Waals surface area contributed by atoms with Crippen molar-refractivity contribution in [3.05, 3.63) is 35.4 Å². The molecule has 3 N–H and O–H groups in total. The van der Waals surface area contributed by atoms with E-state index in [9.17, 15) is 4.79 Å². The quantitative estimate of drug-likeness (QED) is 0.800. The summed E-state index contributed by atoms with van der Waals surface area (Å²) in [5, 5.41) is 3.46. The van der Waals surface area contributed by atoms with Gasteiger partial charge in [0.15, 0.2) is 0 Å². The van der Waals surface area contributed by atoms with Crippen LogP contribution >= 0.6 is 0 Å². The Morgan fingerprint density at radius 1 is 1.50 bits per heavy atom. The van der Waals surface area contributed by atoms with Gasteiger partial charge in [-0.2, -0.15) is 0 Å². The molecule has 0 radical (unpaired) electrons. The lowest BCUT2D eigenvalue weighted by Crippen LogP contribution is -2.45. The molecule has 0 aromatic heterocycles. The summed E-state index contributed by atoms with van der Waals surface area (Å²) in [7, 11) is 0. The molecule has 1 aromatic rings. The van der Waals surface area contributed by atoms with Crippen molar-refractivity contribution in [1.29, 1.82) is 0 Å². The Kier molecular flexibility index (Phi) is 4.33. The number of benzene rings is 1. The van der Waals surface area contributed by atoms with Crippen molar-refractivity contribution in [3.63, 3.8) is 0 Å². The zero-order chi connectivity index (χ0) is 13.0. The number of carbonyl (C=O) groups is 1. The van der Waals surface area contributed by atoms with Crippen LogP contribution in [0.5, 0.6) is 0 Å². The van der Waals surface area contributed by atoms with E-state index in [0.717, 1.165) is 31.6 Å². The highest BCUT2D eigenvalue weighted by atomic mass is 16.5. The van der Waals surface area contributed by atoms with E-state index in [1.165, 1.54) is 0 Å². The van der Waals surface area contributed by atoms with Crippen LogP contribution in [0, 0.1) is 0 Å². The molecule has 1 amide bonds. The third kappa shape index (κ3) is 3.31. The maximum Gasteiger partial charge on any atom is 0.248 e. The number of ether oxygens (including phenoxy) is 1. The first kappa shape index (κ1) is 13.1. The summed E-state index contributed by atoms with van der Waals surface area (Å²) in [6.07, 6.45) is 2.57. The van der Waals surface area contributed by atoms with Crippen molar-refractivity contribution in [2.24, 2.45) is 5.73 Å². The zero-order valence-corrected chi connectivity index (χ0v) is 10.7. The molecule has 4 nitrogen and oxygen atoms in total.